The van der Waals surface area contributed by atoms with Crippen LogP contribution in [-0.2, 0) is 24.3 Å². The predicted molar refractivity (Wildman–Crippen MR) is 76.5 cm³/mol. The number of nitrogens with one attached hydrogen (secondary N) is 1. The maximum atomic E-state index is 11.1. The molecule has 20 heavy (non-hydrogen) atoms. The van der Waals surface area contributed by atoms with Gasteiger partial charge in [0.2, 0.25) is 5.91 Å². The highest BCUT2D eigenvalue weighted by atomic mass is 16.2. The van der Waals surface area contributed by atoms with Crippen LogP contribution < -0.4 is 5.43 Å². The predicted octanol–water partition coefficient (Wildman–Crippen LogP) is 1.53. The minimum absolute atomic E-state index is 0.0985. The van der Waals surface area contributed by atoms with Crippen LogP contribution in [0.2, 0.25) is 0 Å². The monoisotopic (exact) mass is 270 g/mol. The van der Waals surface area contributed by atoms with E-state index in [9.17, 15) is 4.79 Å². The Labute approximate surface area is 118 Å². The summed E-state index contributed by atoms with van der Waals surface area (Å²) < 4.78 is 0. The second-order valence-electron chi connectivity index (χ2n) is 5.14. The summed E-state index contributed by atoms with van der Waals surface area (Å²) >= 11 is 0. The molecule has 5 nitrogen and oxygen atoms in total. The fourth-order valence-electron chi connectivity index (χ4n) is 2.55. The first-order valence-corrected chi connectivity index (χ1v) is 6.82. The van der Waals surface area contributed by atoms with Gasteiger partial charge in [0.1, 0.15) is 0 Å². The van der Waals surface area contributed by atoms with Crippen molar-refractivity contribution in [1.29, 1.82) is 0 Å². The van der Waals surface area contributed by atoms with E-state index in [1.54, 1.807) is 4.79 Å². The molecule has 1 aliphatic heterocycles. The van der Waals surface area contributed by atoms with Crippen LogP contribution in [0.15, 0.2) is 36.5 Å². The molecule has 1 N–H and O–H groups in total. The van der Waals surface area contributed by atoms with E-state index in [0.29, 0.717) is 0 Å². The van der Waals surface area contributed by atoms with Crippen molar-refractivity contribution in [3.63, 3.8) is 0 Å². The Hall–Kier alpha value is -2.14. The molecule has 0 bridgehead atoms. The SMILES string of the molecule is CC(=O)Nn1ncc2c1CN(CCc1ccccc1)C2. The van der Waals surface area contributed by atoms with Crippen molar-refractivity contribution < 1.29 is 4.79 Å². The zero-order valence-electron chi connectivity index (χ0n) is 11.5. The average Bonchev–Trinajstić information content (AvgIpc) is 2.99. The number of carbonyl (C=O) groups is 1. The molecule has 0 fully saturated rings. The van der Waals surface area contributed by atoms with Gasteiger partial charge >= 0.3 is 0 Å². The zero-order valence-corrected chi connectivity index (χ0v) is 11.5. The Kier molecular flexibility index (Phi) is 3.52. The van der Waals surface area contributed by atoms with Gasteiger partial charge in [-0.3, -0.25) is 9.69 Å². The molecule has 1 aromatic carbocycles. The van der Waals surface area contributed by atoms with Crippen molar-refractivity contribution in [3.8, 4) is 0 Å². The molecule has 1 amide bonds. The van der Waals surface area contributed by atoms with Crippen molar-refractivity contribution in [3.05, 3.63) is 53.3 Å². The summed E-state index contributed by atoms with van der Waals surface area (Å²) in [6, 6.07) is 10.5. The normalized spacial score (nSPS) is 14.2. The molecule has 1 aliphatic rings. The van der Waals surface area contributed by atoms with E-state index in [-0.39, 0.29) is 5.91 Å². The van der Waals surface area contributed by atoms with Gasteiger partial charge < -0.3 is 0 Å². The van der Waals surface area contributed by atoms with Crippen LogP contribution in [0.5, 0.6) is 0 Å². The van der Waals surface area contributed by atoms with Crippen LogP contribution in [-0.4, -0.2) is 27.2 Å². The van der Waals surface area contributed by atoms with Gasteiger partial charge in [0.05, 0.1) is 11.9 Å². The molecule has 2 aromatic rings. The highest BCUT2D eigenvalue weighted by molar-refractivity contribution is 5.80. The molecule has 1 aromatic heterocycles. The number of fused-ring (bicyclic) bond motifs is 1. The van der Waals surface area contributed by atoms with E-state index in [1.807, 2.05) is 12.3 Å². The quantitative estimate of drug-likeness (QED) is 0.916. The van der Waals surface area contributed by atoms with Crippen molar-refractivity contribution in [2.24, 2.45) is 0 Å². The third kappa shape index (κ3) is 2.72. The Morgan fingerprint density at radius 2 is 2.10 bits per heavy atom. The molecule has 2 heterocycles. The minimum atomic E-state index is -0.0985. The zero-order chi connectivity index (χ0) is 13.9. The molecule has 0 spiro atoms. The Morgan fingerprint density at radius 3 is 2.85 bits per heavy atom. The number of hydrogen-bond acceptors (Lipinski definition) is 3. The fourth-order valence-corrected chi connectivity index (χ4v) is 2.55. The van der Waals surface area contributed by atoms with E-state index in [4.69, 9.17) is 0 Å². The van der Waals surface area contributed by atoms with Crippen LogP contribution in [0.25, 0.3) is 0 Å². The maximum Gasteiger partial charge on any atom is 0.236 e. The molecule has 0 aliphatic carbocycles. The lowest BCUT2D eigenvalue weighted by Gasteiger charge is -2.15. The first-order chi connectivity index (χ1) is 9.72. The molecule has 3 rings (SSSR count). The third-order valence-electron chi connectivity index (χ3n) is 3.55. The molecular formula is C15H18N4O. The van der Waals surface area contributed by atoms with Gasteiger partial charge in [-0.25, -0.2) is 5.43 Å². The number of nitrogens with zero attached hydrogens (tertiary/aromatic N) is 3. The highest BCUT2D eigenvalue weighted by Gasteiger charge is 2.23. The summed E-state index contributed by atoms with van der Waals surface area (Å²) in [5.74, 6) is -0.0985. The number of amides is 1. The van der Waals surface area contributed by atoms with Crippen LogP contribution >= 0.6 is 0 Å². The maximum absolute atomic E-state index is 11.1. The van der Waals surface area contributed by atoms with Gasteiger partial charge in [-0.1, -0.05) is 30.3 Å². The van der Waals surface area contributed by atoms with Crippen LogP contribution in [0.4, 0.5) is 0 Å². The smallest absolute Gasteiger partial charge is 0.236 e. The van der Waals surface area contributed by atoms with Gasteiger partial charge in [0.25, 0.3) is 0 Å². The first-order valence-electron chi connectivity index (χ1n) is 6.82. The van der Waals surface area contributed by atoms with Crippen molar-refractivity contribution >= 4 is 5.91 Å². The summed E-state index contributed by atoms with van der Waals surface area (Å²) in [5.41, 5.74) is 6.36. The summed E-state index contributed by atoms with van der Waals surface area (Å²) in [4.78, 5) is 15.1. The number of hydrogen-bond donors (Lipinski definition) is 1. The highest BCUT2D eigenvalue weighted by Crippen LogP contribution is 2.21. The topological polar surface area (TPSA) is 50.2 Å². The second-order valence-corrected chi connectivity index (χ2v) is 5.14. The fraction of sp³-hybridized carbons (Fsp3) is 0.333. The van der Waals surface area contributed by atoms with Crippen LogP contribution in [0.1, 0.15) is 23.7 Å². The van der Waals surface area contributed by atoms with Crippen molar-refractivity contribution in [2.75, 3.05) is 12.0 Å². The lowest BCUT2D eigenvalue weighted by molar-refractivity contribution is -0.115. The van der Waals surface area contributed by atoms with Gasteiger partial charge in [0.15, 0.2) is 0 Å². The summed E-state index contributed by atoms with van der Waals surface area (Å²) in [5, 5.41) is 4.19. The van der Waals surface area contributed by atoms with E-state index in [2.05, 4.69) is 39.7 Å². The van der Waals surface area contributed by atoms with Gasteiger partial charge in [-0.2, -0.15) is 9.89 Å². The standard InChI is InChI=1S/C15H18N4O/c1-12(20)17-19-15-11-18(10-14(15)9-16-19)8-7-13-5-3-2-4-6-13/h2-6,9H,7-8,10-11H2,1H3,(H,17,20). The average molecular weight is 270 g/mol. The second kappa shape index (κ2) is 5.46. The number of carbonyl (C=O) groups excluding carboxylic acids is 1. The van der Waals surface area contributed by atoms with E-state index >= 15 is 0 Å². The molecular weight excluding hydrogens is 252 g/mol. The molecule has 0 unspecified atom stereocenters. The third-order valence-corrected chi connectivity index (χ3v) is 3.55. The van der Waals surface area contributed by atoms with Gasteiger partial charge in [-0.05, 0) is 12.0 Å². The summed E-state index contributed by atoms with van der Waals surface area (Å²) in [7, 11) is 0. The number of aromatic nitrogens is 2. The van der Waals surface area contributed by atoms with Crippen LogP contribution in [0.3, 0.4) is 0 Å². The Balaban J connectivity index is 1.60. The lowest BCUT2D eigenvalue weighted by atomic mass is 10.1. The largest absolute Gasteiger partial charge is 0.293 e. The molecule has 0 atom stereocenters. The Bertz CT molecular complexity index is 606. The summed E-state index contributed by atoms with van der Waals surface area (Å²) in [6.45, 7) is 4.25. The van der Waals surface area contributed by atoms with Gasteiger partial charge in [0, 0.05) is 32.1 Å². The lowest BCUT2D eigenvalue weighted by Crippen LogP contribution is -2.25. The van der Waals surface area contributed by atoms with E-state index < -0.39 is 0 Å². The van der Waals surface area contributed by atoms with E-state index in [1.165, 1.54) is 18.1 Å². The molecule has 104 valence electrons. The molecule has 5 heteroatoms. The van der Waals surface area contributed by atoms with Crippen molar-refractivity contribution in [2.45, 2.75) is 26.4 Å². The van der Waals surface area contributed by atoms with Crippen LogP contribution in [0, 0.1) is 0 Å². The van der Waals surface area contributed by atoms with Gasteiger partial charge in [-0.15, -0.1) is 0 Å². The van der Waals surface area contributed by atoms with E-state index in [0.717, 1.165) is 31.7 Å². The molecule has 0 saturated carbocycles. The molecule has 0 saturated heterocycles. The first kappa shape index (κ1) is 12.9. The Morgan fingerprint density at radius 1 is 1.30 bits per heavy atom. The minimum Gasteiger partial charge on any atom is -0.293 e. The number of benzene rings is 1. The number of rotatable bonds is 4. The molecule has 0 radical (unpaired) electrons. The summed E-state index contributed by atoms with van der Waals surface area (Å²) in [6.07, 6.45) is 2.88. The van der Waals surface area contributed by atoms with Crippen molar-refractivity contribution in [1.82, 2.24) is 14.8 Å².